The van der Waals surface area contributed by atoms with Crippen LogP contribution in [0.15, 0.2) is 0 Å². The highest BCUT2D eigenvalue weighted by molar-refractivity contribution is 7.90. The summed E-state index contributed by atoms with van der Waals surface area (Å²) in [5.41, 5.74) is 0.932. The molecule has 21 heavy (non-hydrogen) atoms. The molecule has 0 fully saturated rings. The predicted molar refractivity (Wildman–Crippen MR) is 78.8 cm³/mol. The summed E-state index contributed by atoms with van der Waals surface area (Å²) in [6, 6.07) is 0. The van der Waals surface area contributed by atoms with Gasteiger partial charge < -0.3 is 4.74 Å². The molecular formula is C13H23N3O4S. The van der Waals surface area contributed by atoms with Crippen molar-refractivity contribution in [3.05, 3.63) is 11.4 Å². The van der Waals surface area contributed by atoms with Gasteiger partial charge in [-0.1, -0.05) is 19.1 Å². The van der Waals surface area contributed by atoms with E-state index < -0.39 is 15.8 Å². The van der Waals surface area contributed by atoms with Crippen LogP contribution in [-0.4, -0.2) is 48.0 Å². The molecule has 8 heteroatoms. The molecule has 0 saturated carbocycles. The van der Waals surface area contributed by atoms with Gasteiger partial charge in [-0.05, 0) is 25.7 Å². The Balaban J connectivity index is 2.90. The fourth-order valence-corrected chi connectivity index (χ4v) is 2.59. The Morgan fingerprint density at radius 2 is 2.05 bits per heavy atom. The van der Waals surface area contributed by atoms with Crippen LogP contribution in [0.25, 0.3) is 0 Å². The van der Waals surface area contributed by atoms with E-state index in [-0.39, 0.29) is 18.1 Å². The van der Waals surface area contributed by atoms with Gasteiger partial charge in [-0.25, -0.2) is 17.9 Å². The Bertz CT molecular complexity index is 578. The highest BCUT2D eigenvalue weighted by Crippen LogP contribution is 2.14. The lowest BCUT2D eigenvalue weighted by Crippen LogP contribution is -2.14. The van der Waals surface area contributed by atoms with Crippen molar-refractivity contribution in [2.75, 3.05) is 18.6 Å². The molecule has 0 spiro atoms. The van der Waals surface area contributed by atoms with Crippen LogP contribution in [0.4, 0.5) is 0 Å². The molecule has 0 aliphatic rings. The van der Waals surface area contributed by atoms with Crippen LogP contribution in [0.1, 0.15) is 43.4 Å². The van der Waals surface area contributed by atoms with Gasteiger partial charge >= 0.3 is 5.97 Å². The first-order valence-corrected chi connectivity index (χ1v) is 9.07. The van der Waals surface area contributed by atoms with E-state index in [2.05, 4.69) is 10.3 Å². The molecule has 0 aliphatic carbocycles. The first kappa shape index (κ1) is 17.6. The zero-order valence-corrected chi connectivity index (χ0v) is 13.8. The Labute approximate surface area is 125 Å². The van der Waals surface area contributed by atoms with Gasteiger partial charge in [0.25, 0.3) is 0 Å². The van der Waals surface area contributed by atoms with E-state index in [0.717, 1.165) is 0 Å². The molecule has 0 bridgehead atoms. The van der Waals surface area contributed by atoms with Gasteiger partial charge in [-0.3, -0.25) is 0 Å². The summed E-state index contributed by atoms with van der Waals surface area (Å²) in [6.07, 6.45) is 2.28. The number of ether oxygens (including phenoxy) is 1. The third-order valence-electron chi connectivity index (χ3n) is 2.79. The van der Waals surface area contributed by atoms with Gasteiger partial charge in [0.1, 0.15) is 9.84 Å². The lowest BCUT2D eigenvalue weighted by molar-refractivity contribution is 0.0517. The molecule has 0 N–H and O–H groups in total. The summed E-state index contributed by atoms with van der Waals surface area (Å²) in [7, 11) is -3.00. The number of sulfone groups is 1. The Morgan fingerprint density at radius 3 is 2.57 bits per heavy atom. The predicted octanol–water partition coefficient (Wildman–Crippen LogP) is 1.09. The number of carbonyl (C=O) groups excluding carboxylic acids is 1. The lowest BCUT2D eigenvalue weighted by Gasteiger charge is -2.09. The van der Waals surface area contributed by atoms with Crippen molar-refractivity contribution in [3.8, 4) is 0 Å². The Morgan fingerprint density at radius 1 is 1.38 bits per heavy atom. The number of aromatic nitrogens is 3. The molecule has 1 aromatic rings. The maximum absolute atomic E-state index is 11.9. The van der Waals surface area contributed by atoms with Gasteiger partial charge in [0.15, 0.2) is 5.69 Å². The topological polar surface area (TPSA) is 91.2 Å². The van der Waals surface area contributed by atoms with Crippen LogP contribution in [0.5, 0.6) is 0 Å². The minimum atomic E-state index is -3.00. The summed E-state index contributed by atoms with van der Waals surface area (Å²) >= 11 is 0. The maximum Gasteiger partial charge on any atom is 0.360 e. The van der Waals surface area contributed by atoms with Gasteiger partial charge in [0.2, 0.25) is 0 Å². The highest BCUT2D eigenvalue weighted by Gasteiger charge is 2.21. The molecule has 0 aliphatic heterocycles. The van der Waals surface area contributed by atoms with Gasteiger partial charge in [-0.15, -0.1) is 5.10 Å². The average molecular weight is 317 g/mol. The zero-order chi connectivity index (χ0) is 16.0. The van der Waals surface area contributed by atoms with Crippen molar-refractivity contribution in [1.29, 1.82) is 0 Å². The number of esters is 1. The fraction of sp³-hybridized carbons (Fsp3) is 0.769. The van der Waals surface area contributed by atoms with Crippen LogP contribution in [-0.2, 0) is 27.5 Å². The van der Waals surface area contributed by atoms with Gasteiger partial charge in [-0.2, -0.15) is 0 Å². The van der Waals surface area contributed by atoms with Crippen LogP contribution < -0.4 is 0 Å². The minimum Gasteiger partial charge on any atom is -0.461 e. The first-order chi connectivity index (χ1) is 9.74. The van der Waals surface area contributed by atoms with Gasteiger partial charge in [0.05, 0.1) is 18.1 Å². The van der Waals surface area contributed by atoms with Crippen LogP contribution in [0.2, 0.25) is 0 Å². The van der Waals surface area contributed by atoms with Crippen LogP contribution in [0, 0.1) is 5.92 Å². The molecule has 0 aromatic carbocycles. The third-order valence-corrected chi connectivity index (χ3v) is 3.82. The summed E-state index contributed by atoms with van der Waals surface area (Å²) < 4.78 is 28.9. The number of aryl methyl sites for hydroxylation is 1. The van der Waals surface area contributed by atoms with Crippen LogP contribution >= 0.6 is 0 Å². The lowest BCUT2D eigenvalue weighted by atomic mass is 10.1. The van der Waals surface area contributed by atoms with Crippen molar-refractivity contribution in [1.82, 2.24) is 15.0 Å². The zero-order valence-electron chi connectivity index (χ0n) is 13.0. The SMILES string of the molecule is CCOC(=O)c1nnn(CCCS(C)(=O)=O)c1CC(C)C. The largest absolute Gasteiger partial charge is 0.461 e. The second-order valence-corrected chi connectivity index (χ2v) is 7.67. The van der Waals surface area contributed by atoms with Crippen LogP contribution in [0.3, 0.4) is 0 Å². The second kappa shape index (κ2) is 7.53. The van der Waals surface area contributed by atoms with E-state index in [0.29, 0.717) is 31.0 Å². The van der Waals surface area contributed by atoms with E-state index in [1.807, 2.05) is 13.8 Å². The van der Waals surface area contributed by atoms with Crippen molar-refractivity contribution in [2.45, 2.75) is 40.2 Å². The van der Waals surface area contributed by atoms with Gasteiger partial charge in [0, 0.05) is 12.8 Å². The maximum atomic E-state index is 11.9. The minimum absolute atomic E-state index is 0.0860. The smallest absolute Gasteiger partial charge is 0.360 e. The molecule has 7 nitrogen and oxygen atoms in total. The number of carbonyl (C=O) groups is 1. The quantitative estimate of drug-likeness (QED) is 0.667. The monoisotopic (exact) mass is 317 g/mol. The molecule has 1 heterocycles. The average Bonchev–Trinajstić information content (AvgIpc) is 2.70. The van der Waals surface area contributed by atoms with Crippen molar-refractivity contribution >= 4 is 15.8 Å². The number of hydrogen-bond donors (Lipinski definition) is 0. The summed E-state index contributed by atoms with van der Waals surface area (Å²) in [5, 5.41) is 7.85. The molecule has 1 rings (SSSR count). The summed E-state index contributed by atoms with van der Waals surface area (Å²) in [6.45, 7) is 6.49. The molecule has 0 atom stereocenters. The molecule has 0 saturated heterocycles. The first-order valence-electron chi connectivity index (χ1n) is 7.01. The fourth-order valence-electron chi connectivity index (χ4n) is 1.94. The molecule has 0 radical (unpaired) electrons. The van der Waals surface area contributed by atoms with Crippen molar-refractivity contribution in [2.24, 2.45) is 5.92 Å². The Hall–Kier alpha value is -1.44. The van der Waals surface area contributed by atoms with E-state index in [1.165, 1.54) is 6.26 Å². The van der Waals surface area contributed by atoms with E-state index in [9.17, 15) is 13.2 Å². The molecular weight excluding hydrogens is 294 g/mol. The number of rotatable bonds is 8. The molecule has 120 valence electrons. The van der Waals surface area contributed by atoms with E-state index in [1.54, 1.807) is 11.6 Å². The number of hydrogen-bond acceptors (Lipinski definition) is 6. The third kappa shape index (κ3) is 5.82. The van der Waals surface area contributed by atoms with Crippen molar-refractivity contribution < 1.29 is 17.9 Å². The normalized spacial score (nSPS) is 11.9. The van der Waals surface area contributed by atoms with E-state index >= 15 is 0 Å². The molecule has 0 amide bonds. The van der Waals surface area contributed by atoms with E-state index in [4.69, 9.17) is 4.74 Å². The standard InChI is InChI=1S/C13H23N3O4S/c1-5-20-13(17)12-11(9-10(2)3)16(15-14-12)7-6-8-21(4,18)19/h10H,5-9H2,1-4H3. The Kier molecular flexibility index (Phi) is 6.32. The highest BCUT2D eigenvalue weighted by atomic mass is 32.2. The molecule has 0 unspecified atom stereocenters. The summed E-state index contributed by atoms with van der Waals surface area (Å²) in [4.78, 5) is 11.9. The molecule has 1 aromatic heterocycles. The summed E-state index contributed by atoms with van der Waals surface area (Å²) in [5.74, 6) is -0.0734. The van der Waals surface area contributed by atoms with Crippen molar-refractivity contribution in [3.63, 3.8) is 0 Å². The second-order valence-electron chi connectivity index (χ2n) is 5.41. The number of nitrogens with zero attached hydrogens (tertiary/aromatic N) is 3.